The number of aryl methyl sites for hydroxylation is 1. The van der Waals surface area contributed by atoms with Crippen LogP contribution in [0.4, 0.5) is 5.69 Å². The van der Waals surface area contributed by atoms with E-state index in [0.717, 1.165) is 17.0 Å². The van der Waals surface area contributed by atoms with Crippen molar-refractivity contribution < 1.29 is 9.53 Å². The Hall–Kier alpha value is -3.07. The van der Waals surface area contributed by atoms with Gasteiger partial charge in [0.1, 0.15) is 5.75 Å². The van der Waals surface area contributed by atoms with Gasteiger partial charge in [-0.25, -0.2) is 0 Å². The Bertz CT molecular complexity index is 840. The Morgan fingerprint density at radius 1 is 0.923 bits per heavy atom. The highest BCUT2D eigenvalue weighted by Crippen LogP contribution is 2.25. The monoisotopic (exact) mass is 345 g/mol. The number of benzene rings is 3. The molecule has 0 radical (unpaired) electrons. The van der Waals surface area contributed by atoms with Crippen LogP contribution in [0.1, 0.15) is 33.9 Å². The maximum atomic E-state index is 12.8. The number of ether oxygens (including phenoxy) is 1. The van der Waals surface area contributed by atoms with Crippen LogP contribution in [0.25, 0.3) is 0 Å². The van der Waals surface area contributed by atoms with Gasteiger partial charge in [0.05, 0.1) is 13.2 Å². The Morgan fingerprint density at radius 3 is 2.19 bits per heavy atom. The van der Waals surface area contributed by atoms with Crippen LogP contribution >= 0.6 is 0 Å². The minimum atomic E-state index is -0.0893. The van der Waals surface area contributed by atoms with Gasteiger partial charge in [0.15, 0.2) is 5.78 Å². The van der Waals surface area contributed by atoms with Crippen LogP contribution in [0.15, 0.2) is 78.9 Å². The zero-order valence-electron chi connectivity index (χ0n) is 15.1. The highest BCUT2D eigenvalue weighted by Gasteiger charge is 2.17. The maximum Gasteiger partial charge on any atom is 0.165 e. The highest BCUT2D eigenvalue weighted by atomic mass is 16.5. The lowest BCUT2D eigenvalue weighted by Crippen LogP contribution is -2.15. The number of Topliss-reactive ketones (excluding diaryl/α,β-unsaturated/α-hetero) is 1. The lowest BCUT2D eigenvalue weighted by atomic mass is 9.97. The standard InChI is InChI=1S/C23H23NO2/c1-17-8-12-20(13-9-17)24-22(18-6-4-3-5-7-18)16-23(25)19-10-14-21(26-2)15-11-19/h3-15,22,24H,16H2,1-2H3. The summed E-state index contributed by atoms with van der Waals surface area (Å²) >= 11 is 0. The molecule has 0 aliphatic heterocycles. The van der Waals surface area contributed by atoms with E-state index in [1.807, 2.05) is 66.7 Å². The van der Waals surface area contributed by atoms with Gasteiger partial charge in [-0.05, 0) is 48.9 Å². The quantitative estimate of drug-likeness (QED) is 0.580. The number of methoxy groups -OCH3 is 1. The molecule has 3 aromatic carbocycles. The molecule has 1 unspecified atom stereocenters. The van der Waals surface area contributed by atoms with Gasteiger partial charge in [-0.15, -0.1) is 0 Å². The lowest BCUT2D eigenvalue weighted by Gasteiger charge is -2.20. The third-order valence-electron chi connectivity index (χ3n) is 4.40. The summed E-state index contributed by atoms with van der Waals surface area (Å²) in [6, 6.07) is 25.5. The van der Waals surface area contributed by atoms with Crippen LogP contribution in [0.5, 0.6) is 5.75 Å². The molecule has 0 spiro atoms. The molecule has 0 bridgehead atoms. The van der Waals surface area contributed by atoms with Crippen molar-refractivity contribution in [3.63, 3.8) is 0 Å². The number of nitrogens with one attached hydrogen (secondary N) is 1. The van der Waals surface area contributed by atoms with Crippen LogP contribution in [0.3, 0.4) is 0 Å². The summed E-state index contributed by atoms with van der Waals surface area (Å²) in [5.74, 6) is 0.847. The molecule has 0 saturated carbocycles. The molecule has 0 aliphatic carbocycles. The molecular formula is C23H23NO2. The molecule has 0 amide bonds. The van der Waals surface area contributed by atoms with E-state index < -0.39 is 0 Å². The normalized spacial score (nSPS) is 11.6. The van der Waals surface area contributed by atoms with Gasteiger partial charge >= 0.3 is 0 Å². The largest absolute Gasteiger partial charge is 0.497 e. The molecule has 0 fully saturated rings. The van der Waals surface area contributed by atoms with Gasteiger partial charge in [-0.2, -0.15) is 0 Å². The first-order chi connectivity index (χ1) is 12.7. The van der Waals surface area contributed by atoms with Gasteiger partial charge in [-0.1, -0.05) is 48.0 Å². The Kier molecular flexibility index (Phi) is 5.69. The van der Waals surface area contributed by atoms with E-state index in [4.69, 9.17) is 4.74 Å². The zero-order chi connectivity index (χ0) is 18.4. The van der Waals surface area contributed by atoms with E-state index in [9.17, 15) is 4.79 Å². The van der Waals surface area contributed by atoms with E-state index in [0.29, 0.717) is 12.0 Å². The predicted molar refractivity (Wildman–Crippen MR) is 106 cm³/mol. The molecule has 0 aromatic heterocycles. The fourth-order valence-corrected chi connectivity index (χ4v) is 2.87. The molecule has 3 rings (SSSR count). The fourth-order valence-electron chi connectivity index (χ4n) is 2.87. The molecule has 0 saturated heterocycles. The summed E-state index contributed by atoms with van der Waals surface area (Å²) < 4.78 is 5.16. The van der Waals surface area contributed by atoms with Gasteiger partial charge < -0.3 is 10.1 Å². The maximum absolute atomic E-state index is 12.8. The minimum absolute atomic E-state index is 0.0893. The van der Waals surface area contributed by atoms with Crippen molar-refractivity contribution in [3.8, 4) is 5.75 Å². The van der Waals surface area contributed by atoms with Crippen molar-refractivity contribution >= 4 is 11.5 Å². The van der Waals surface area contributed by atoms with Crippen molar-refractivity contribution in [2.24, 2.45) is 0 Å². The molecule has 0 heterocycles. The summed E-state index contributed by atoms with van der Waals surface area (Å²) in [5.41, 5.74) is 4.00. The molecule has 132 valence electrons. The Morgan fingerprint density at radius 2 is 1.58 bits per heavy atom. The molecule has 1 atom stereocenters. The summed E-state index contributed by atoms with van der Waals surface area (Å²) in [6.07, 6.45) is 0.379. The van der Waals surface area contributed by atoms with Crippen LogP contribution < -0.4 is 10.1 Å². The first-order valence-electron chi connectivity index (χ1n) is 8.71. The topological polar surface area (TPSA) is 38.3 Å². The number of hydrogen-bond acceptors (Lipinski definition) is 3. The smallest absolute Gasteiger partial charge is 0.165 e. The van der Waals surface area contributed by atoms with Crippen LogP contribution in [0, 0.1) is 6.92 Å². The highest BCUT2D eigenvalue weighted by molar-refractivity contribution is 5.96. The molecule has 1 N–H and O–H groups in total. The predicted octanol–water partition coefficient (Wildman–Crippen LogP) is 5.43. The first kappa shape index (κ1) is 17.7. The Labute approximate surface area is 154 Å². The number of carbonyl (C=O) groups is 1. The van der Waals surface area contributed by atoms with Crippen LogP contribution in [-0.4, -0.2) is 12.9 Å². The third kappa shape index (κ3) is 4.51. The second kappa shape index (κ2) is 8.34. The number of anilines is 1. The molecule has 0 aliphatic rings. The van der Waals surface area contributed by atoms with Crippen molar-refractivity contribution in [2.75, 3.05) is 12.4 Å². The molecule has 3 nitrogen and oxygen atoms in total. The van der Waals surface area contributed by atoms with E-state index in [1.54, 1.807) is 7.11 Å². The van der Waals surface area contributed by atoms with Crippen molar-refractivity contribution in [1.29, 1.82) is 0 Å². The van der Waals surface area contributed by atoms with E-state index >= 15 is 0 Å². The van der Waals surface area contributed by atoms with E-state index in [1.165, 1.54) is 5.56 Å². The summed E-state index contributed by atoms with van der Waals surface area (Å²) in [5, 5.41) is 3.50. The first-order valence-corrected chi connectivity index (χ1v) is 8.71. The van der Waals surface area contributed by atoms with Crippen LogP contribution in [0.2, 0.25) is 0 Å². The zero-order valence-corrected chi connectivity index (χ0v) is 15.1. The summed E-state index contributed by atoms with van der Waals surface area (Å²) in [6.45, 7) is 2.06. The lowest BCUT2D eigenvalue weighted by molar-refractivity contribution is 0.0976. The number of ketones is 1. The summed E-state index contributed by atoms with van der Waals surface area (Å²) in [7, 11) is 1.62. The second-order valence-corrected chi connectivity index (χ2v) is 6.33. The number of rotatable bonds is 7. The van der Waals surface area contributed by atoms with Crippen LogP contribution in [-0.2, 0) is 0 Å². The van der Waals surface area contributed by atoms with Crippen molar-refractivity contribution in [2.45, 2.75) is 19.4 Å². The third-order valence-corrected chi connectivity index (χ3v) is 4.40. The summed E-state index contributed by atoms with van der Waals surface area (Å²) in [4.78, 5) is 12.8. The fraction of sp³-hybridized carbons (Fsp3) is 0.174. The van der Waals surface area contributed by atoms with Crippen molar-refractivity contribution in [1.82, 2.24) is 0 Å². The molecule has 3 heteroatoms. The average molecular weight is 345 g/mol. The van der Waals surface area contributed by atoms with Crippen molar-refractivity contribution in [3.05, 3.63) is 95.6 Å². The number of carbonyl (C=O) groups excluding carboxylic acids is 1. The second-order valence-electron chi connectivity index (χ2n) is 6.33. The SMILES string of the molecule is COc1ccc(C(=O)CC(Nc2ccc(C)cc2)c2ccccc2)cc1. The molecular weight excluding hydrogens is 322 g/mol. The van der Waals surface area contributed by atoms with E-state index in [-0.39, 0.29) is 11.8 Å². The molecule has 26 heavy (non-hydrogen) atoms. The number of hydrogen-bond donors (Lipinski definition) is 1. The molecule has 3 aromatic rings. The van der Waals surface area contributed by atoms with Gasteiger partial charge in [0.25, 0.3) is 0 Å². The van der Waals surface area contributed by atoms with E-state index in [2.05, 4.69) is 24.4 Å². The van der Waals surface area contributed by atoms with Gasteiger partial charge in [0, 0.05) is 17.7 Å². The Balaban J connectivity index is 1.80. The van der Waals surface area contributed by atoms with Gasteiger partial charge in [-0.3, -0.25) is 4.79 Å². The van der Waals surface area contributed by atoms with Gasteiger partial charge in [0.2, 0.25) is 0 Å². The average Bonchev–Trinajstić information content (AvgIpc) is 2.70. The minimum Gasteiger partial charge on any atom is -0.497 e.